The van der Waals surface area contributed by atoms with E-state index < -0.39 is 45.4 Å². The van der Waals surface area contributed by atoms with Crippen LogP contribution in [0.1, 0.15) is 29.1 Å². The van der Waals surface area contributed by atoms with Crippen molar-refractivity contribution in [2.45, 2.75) is 19.0 Å². The first-order valence-corrected chi connectivity index (χ1v) is 13.0. The third-order valence-electron chi connectivity index (χ3n) is 5.60. The standard InChI is InChI=1S/C23H22F3N5O5S/c1-37(34,35)30-20(32)14-9-11-31(12-10-14)17-8-7-16(13-27-17)28-21(33)18-19(23(24,25)26)36-22(29-18)15-5-3-2-4-6-15/h2-8,13-14H,9-12H2,1H3,(H,28,33)(H,30,32). The summed E-state index contributed by atoms with van der Waals surface area (Å²) in [5.74, 6) is -3.41. The van der Waals surface area contributed by atoms with Gasteiger partial charge in [0.25, 0.3) is 5.91 Å². The summed E-state index contributed by atoms with van der Waals surface area (Å²) in [6.45, 7) is 0.882. The van der Waals surface area contributed by atoms with E-state index in [0.29, 0.717) is 31.7 Å². The zero-order chi connectivity index (χ0) is 26.8. The highest BCUT2D eigenvalue weighted by molar-refractivity contribution is 7.89. The lowest BCUT2D eigenvalue weighted by molar-refractivity contribution is -0.153. The van der Waals surface area contributed by atoms with Gasteiger partial charge in [0.05, 0.1) is 18.1 Å². The first-order valence-electron chi connectivity index (χ1n) is 11.1. The van der Waals surface area contributed by atoms with E-state index in [4.69, 9.17) is 4.42 Å². The summed E-state index contributed by atoms with van der Waals surface area (Å²) in [7, 11) is -3.63. The lowest BCUT2D eigenvalue weighted by Gasteiger charge is -2.32. The van der Waals surface area contributed by atoms with Gasteiger partial charge in [0.1, 0.15) is 5.82 Å². The van der Waals surface area contributed by atoms with E-state index in [1.54, 1.807) is 24.3 Å². The molecule has 0 saturated carbocycles. The predicted molar refractivity (Wildman–Crippen MR) is 127 cm³/mol. The number of nitrogens with zero attached hydrogens (tertiary/aromatic N) is 3. The van der Waals surface area contributed by atoms with Gasteiger partial charge in [0, 0.05) is 24.6 Å². The van der Waals surface area contributed by atoms with E-state index in [0.717, 1.165) is 6.26 Å². The second kappa shape index (κ2) is 10.2. The van der Waals surface area contributed by atoms with Crippen molar-refractivity contribution in [1.29, 1.82) is 0 Å². The van der Waals surface area contributed by atoms with Crippen LogP contribution in [0.4, 0.5) is 24.7 Å². The Morgan fingerprint density at radius 2 is 1.76 bits per heavy atom. The van der Waals surface area contributed by atoms with Crippen LogP contribution in [-0.2, 0) is 21.0 Å². The molecule has 1 aromatic carbocycles. The number of piperidine rings is 1. The average molecular weight is 538 g/mol. The van der Waals surface area contributed by atoms with Crippen molar-refractivity contribution < 1.29 is 35.6 Å². The molecule has 196 valence electrons. The highest BCUT2D eigenvalue weighted by Crippen LogP contribution is 2.35. The van der Waals surface area contributed by atoms with Crippen molar-refractivity contribution in [3.8, 4) is 11.5 Å². The van der Waals surface area contributed by atoms with Crippen LogP contribution in [0.15, 0.2) is 53.1 Å². The summed E-state index contributed by atoms with van der Waals surface area (Å²) in [4.78, 5) is 34.6. The number of halogens is 3. The van der Waals surface area contributed by atoms with Crippen LogP contribution in [-0.4, -0.2) is 49.5 Å². The minimum absolute atomic E-state index is 0.147. The molecular formula is C23H22F3N5O5S. The topological polar surface area (TPSA) is 134 Å². The van der Waals surface area contributed by atoms with E-state index in [1.165, 1.54) is 24.4 Å². The molecular weight excluding hydrogens is 515 g/mol. The third-order valence-corrected chi connectivity index (χ3v) is 6.17. The van der Waals surface area contributed by atoms with Gasteiger partial charge in [-0.2, -0.15) is 13.2 Å². The van der Waals surface area contributed by atoms with Crippen LogP contribution in [0.5, 0.6) is 0 Å². The third kappa shape index (κ3) is 6.44. The Bertz CT molecular complexity index is 1380. The molecule has 3 heterocycles. The minimum atomic E-state index is -4.93. The fourth-order valence-electron chi connectivity index (χ4n) is 3.84. The lowest BCUT2D eigenvalue weighted by atomic mass is 9.96. The molecule has 0 bridgehead atoms. The molecule has 2 aromatic heterocycles. The second-order valence-electron chi connectivity index (χ2n) is 8.42. The fourth-order valence-corrected chi connectivity index (χ4v) is 4.38. The van der Waals surface area contributed by atoms with Gasteiger partial charge in [-0.05, 0) is 37.1 Å². The van der Waals surface area contributed by atoms with Gasteiger partial charge in [-0.1, -0.05) is 18.2 Å². The van der Waals surface area contributed by atoms with Crippen LogP contribution in [0, 0.1) is 5.92 Å². The highest BCUT2D eigenvalue weighted by atomic mass is 32.2. The zero-order valence-corrected chi connectivity index (χ0v) is 20.3. The number of oxazole rings is 1. The predicted octanol–water partition coefficient (Wildman–Crippen LogP) is 3.30. The first-order chi connectivity index (χ1) is 17.4. The van der Waals surface area contributed by atoms with Crippen molar-refractivity contribution in [1.82, 2.24) is 14.7 Å². The number of hydrogen-bond acceptors (Lipinski definition) is 8. The van der Waals surface area contributed by atoms with Crippen molar-refractivity contribution in [2.75, 3.05) is 29.6 Å². The van der Waals surface area contributed by atoms with Gasteiger partial charge < -0.3 is 14.6 Å². The number of anilines is 2. The molecule has 4 rings (SSSR count). The van der Waals surface area contributed by atoms with Crippen LogP contribution in [0.3, 0.4) is 0 Å². The molecule has 3 aromatic rings. The molecule has 2 N–H and O–H groups in total. The molecule has 37 heavy (non-hydrogen) atoms. The van der Waals surface area contributed by atoms with Gasteiger partial charge >= 0.3 is 6.18 Å². The molecule has 0 radical (unpaired) electrons. The smallest absolute Gasteiger partial charge is 0.431 e. The molecule has 1 saturated heterocycles. The maximum atomic E-state index is 13.5. The lowest BCUT2D eigenvalue weighted by Crippen LogP contribution is -2.42. The number of aromatic nitrogens is 2. The van der Waals surface area contributed by atoms with E-state index in [-0.39, 0.29) is 17.1 Å². The average Bonchev–Trinajstić information content (AvgIpc) is 3.31. The molecule has 0 spiro atoms. The van der Waals surface area contributed by atoms with Gasteiger partial charge in [0.2, 0.25) is 27.6 Å². The van der Waals surface area contributed by atoms with E-state index in [9.17, 15) is 31.2 Å². The number of carbonyl (C=O) groups excluding carboxylic acids is 2. The second-order valence-corrected chi connectivity index (χ2v) is 10.2. The molecule has 2 amide bonds. The highest BCUT2D eigenvalue weighted by Gasteiger charge is 2.42. The summed E-state index contributed by atoms with van der Waals surface area (Å²) in [5, 5.41) is 2.36. The molecule has 0 atom stereocenters. The molecule has 14 heteroatoms. The normalized spacial score (nSPS) is 14.9. The number of hydrogen-bond donors (Lipinski definition) is 2. The van der Waals surface area contributed by atoms with Crippen LogP contribution in [0.25, 0.3) is 11.5 Å². The van der Waals surface area contributed by atoms with E-state index in [2.05, 4.69) is 15.3 Å². The first kappa shape index (κ1) is 26.1. The van der Waals surface area contributed by atoms with Crippen LogP contribution in [0.2, 0.25) is 0 Å². The maximum Gasteiger partial charge on any atom is 0.452 e. The van der Waals surface area contributed by atoms with Crippen molar-refractivity contribution in [3.05, 3.63) is 60.1 Å². The molecule has 10 nitrogen and oxygen atoms in total. The Kier molecular flexibility index (Phi) is 7.21. The summed E-state index contributed by atoms with van der Waals surface area (Å²) in [6.07, 6.45) is -1.89. The zero-order valence-electron chi connectivity index (χ0n) is 19.4. The number of carbonyl (C=O) groups is 2. The molecule has 0 unspecified atom stereocenters. The van der Waals surface area contributed by atoms with Crippen molar-refractivity contribution in [2.24, 2.45) is 5.92 Å². The van der Waals surface area contributed by atoms with Gasteiger partial charge in [0.15, 0.2) is 5.69 Å². The Labute approximate surface area is 209 Å². The maximum absolute atomic E-state index is 13.5. The number of pyridine rings is 1. The quantitative estimate of drug-likeness (QED) is 0.489. The Balaban J connectivity index is 1.42. The van der Waals surface area contributed by atoms with Crippen molar-refractivity contribution in [3.63, 3.8) is 0 Å². The number of sulfonamides is 1. The fraction of sp³-hybridized carbons (Fsp3) is 0.304. The number of alkyl halides is 3. The van der Waals surface area contributed by atoms with Crippen LogP contribution >= 0.6 is 0 Å². The SMILES string of the molecule is CS(=O)(=O)NC(=O)C1CCN(c2ccc(NC(=O)c3nc(-c4ccccc4)oc3C(F)(F)F)cn2)CC1. The summed E-state index contributed by atoms with van der Waals surface area (Å²) < 4.78 is 69.9. The van der Waals surface area contributed by atoms with Gasteiger partial charge in [-0.3, -0.25) is 14.3 Å². The Morgan fingerprint density at radius 3 is 2.32 bits per heavy atom. The van der Waals surface area contributed by atoms with Crippen LogP contribution < -0.4 is 14.9 Å². The van der Waals surface area contributed by atoms with Gasteiger partial charge in [-0.25, -0.2) is 18.4 Å². The van der Waals surface area contributed by atoms with Gasteiger partial charge in [-0.15, -0.1) is 0 Å². The van der Waals surface area contributed by atoms with Crippen molar-refractivity contribution >= 4 is 33.3 Å². The molecule has 1 fully saturated rings. The van der Waals surface area contributed by atoms with E-state index >= 15 is 0 Å². The molecule has 1 aliphatic rings. The Hall–Kier alpha value is -3.94. The largest absolute Gasteiger partial charge is 0.452 e. The number of rotatable bonds is 6. The number of benzene rings is 1. The molecule has 1 aliphatic heterocycles. The summed E-state index contributed by atoms with van der Waals surface area (Å²) >= 11 is 0. The minimum Gasteiger partial charge on any atom is -0.431 e. The number of amides is 2. The number of nitrogens with one attached hydrogen (secondary N) is 2. The summed E-state index contributed by atoms with van der Waals surface area (Å²) in [6, 6.07) is 11.0. The molecule has 0 aliphatic carbocycles. The monoisotopic (exact) mass is 537 g/mol. The van der Waals surface area contributed by atoms with E-state index in [1.807, 2.05) is 9.62 Å². The summed E-state index contributed by atoms with van der Waals surface area (Å²) in [5.41, 5.74) is -0.464. The Morgan fingerprint density at radius 1 is 1.08 bits per heavy atom.